The molecular formula is C15H25NO. The second kappa shape index (κ2) is 6.06. The molecule has 0 amide bonds. The minimum Gasteiger partial charge on any atom is -0.494 e. The van der Waals surface area contributed by atoms with Gasteiger partial charge in [0.15, 0.2) is 0 Å². The van der Waals surface area contributed by atoms with Gasteiger partial charge in [0.2, 0.25) is 0 Å². The van der Waals surface area contributed by atoms with Crippen LogP contribution in [-0.2, 0) is 0 Å². The molecule has 96 valence electrons. The molecule has 2 N–H and O–H groups in total. The third-order valence-corrected chi connectivity index (χ3v) is 3.47. The average molecular weight is 235 g/mol. The van der Waals surface area contributed by atoms with Crippen LogP contribution in [0.5, 0.6) is 5.75 Å². The molecule has 2 nitrogen and oxygen atoms in total. The zero-order valence-electron chi connectivity index (χ0n) is 11.5. The van der Waals surface area contributed by atoms with Crippen LogP contribution in [0.15, 0.2) is 24.3 Å². The molecule has 0 aliphatic heterocycles. The van der Waals surface area contributed by atoms with E-state index in [9.17, 15) is 0 Å². The first-order valence-corrected chi connectivity index (χ1v) is 6.49. The smallest absolute Gasteiger partial charge is 0.119 e. The van der Waals surface area contributed by atoms with Crippen molar-refractivity contribution in [1.29, 1.82) is 0 Å². The van der Waals surface area contributed by atoms with Gasteiger partial charge in [-0.2, -0.15) is 0 Å². The van der Waals surface area contributed by atoms with Gasteiger partial charge in [-0.15, -0.1) is 0 Å². The first-order chi connectivity index (χ1) is 8.01. The van der Waals surface area contributed by atoms with Crippen LogP contribution in [0.3, 0.4) is 0 Å². The van der Waals surface area contributed by atoms with E-state index in [-0.39, 0.29) is 11.5 Å². The predicted octanol–water partition coefficient (Wildman–Crippen LogP) is 3.91. The molecule has 0 bridgehead atoms. The van der Waals surface area contributed by atoms with Gasteiger partial charge in [0.1, 0.15) is 5.75 Å². The lowest BCUT2D eigenvalue weighted by atomic mass is 9.79. The molecule has 0 spiro atoms. The average Bonchev–Trinajstić information content (AvgIpc) is 2.36. The fourth-order valence-corrected chi connectivity index (χ4v) is 1.66. The number of rotatable bonds is 6. The van der Waals surface area contributed by atoms with E-state index in [1.807, 2.05) is 12.1 Å². The minimum atomic E-state index is 0.0766. The van der Waals surface area contributed by atoms with Crippen molar-refractivity contribution in [2.75, 3.05) is 6.61 Å². The Labute approximate surface area is 105 Å². The maximum atomic E-state index is 6.29. The quantitative estimate of drug-likeness (QED) is 0.811. The van der Waals surface area contributed by atoms with Gasteiger partial charge >= 0.3 is 0 Å². The molecule has 0 saturated carbocycles. The first-order valence-electron chi connectivity index (χ1n) is 6.49. The van der Waals surface area contributed by atoms with Crippen molar-refractivity contribution < 1.29 is 4.74 Å². The molecule has 0 heterocycles. The molecule has 1 atom stereocenters. The summed E-state index contributed by atoms with van der Waals surface area (Å²) in [5, 5.41) is 0. The van der Waals surface area contributed by atoms with Crippen LogP contribution in [0, 0.1) is 5.41 Å². The van der Waals surface area contributed by atoms with E-state index in [1.165, 1.54) is 5.56 Å². The molecule has 0 aliphatic carbocycles. The van der Waals surface area contributed by atoms with Gasteiger partial charge in [-0.25, -0.2) is 0 Å². The Hall–Kier alpha value is -1.02. The van der Waals surface area contributed by atoms with E-state index in [0.717, 1.165) is 25.2 Å². The molecular weight excluding hydrogens is 210 g/mol. The summed E-state index contributed by atoms with van der Waals surface area (Å²) in [6.07, 6.45) is 2.10. The highest BCUT2D eigenvalue weighted by atomic mass is 16.5. The van der Waals surface area contributed by atoms with E-state index in [0.29, 0.717) is 0 Å². The molecule has 0 saturated heterocycles. The van der Waals surface area contributed by atoms with Crippen LogP contribution in [0.4, 0.5) is 0 Å². The van der Waals surface area contributed by atoms with Crippen molar-refractivity contribution in [2.45, 2.75) is 46.6 Å². The molecule has 1 aromatic rings. The van der Waals surface area contributed by atoms with E-state index in [1.54, 1.807) is 0 Å². The Kier molecular flexibility index (Phi) is 5.01. The summed E-state index contributed by atoms with van der Waals surface area (Å²) < 4.78 is 5.56. The van der Waals surface area contributed by atoms with Crippen molar-refractivity contribution in [1.82, 2.24) is 0 Å². The van der Waals surface area contributed by atoms with Crippen molar-refractivity contribution in [3.8, 4) is 5.75 Å². The first kappa shape index (κ1) is 14.0. The Bertz CT molecular complexity index is 329. The summed E-state index contributed by atoms with van der Waals surface area (Å²) in [6.45, 7) is 9.47. The molecule has 0 aromatic heterocycles. The van der Waals surface area contributed by atoms with Crippen LogP contribution >= 0.6 is 0 Å². The summed E-state index contributed by atoms with van der Waals surface area (Å²) >= 11 is 0. The topological polar surface area (TPSA) is 35.2 Å². The van der Waals surface area contributed by atoms with E-state index in [2.05, 4.69) is 39.8 Å². The fourth-order valence-electron chi connectivity index (χ4n) is 1.66. The lowest BCUT2D eigenvalue weighted by molar-refractivity contribution is 0.278. The van der Waals surface area contributed by atoms with Gasteiger partial charge in [0.25, 0.3) is 0 Å². The zero-order valence-corrected chi connectivity index (χ0v) is 11.5. The maximum Gasteiger partial charge on any atom is 0.119 e. The van der Waals surface area contributed by atoms with E-state index < -0.39 is 0 Å². The fraction of sp³-hybridized carbons (Fsp3) is 0.600. The van der Waals surface area contributed by atoms with Crippen LogP contribution in [0.1, 0.15) is 52.1 Å². The Balaban J connectivity index is 2.73. The van der Waals surface area contributed by atoms with Crippen molar-refractivity contribution in [2.24, 2.45) is 11.1 Å². The Morgan fingerprint density at radius 1 is 1.18 bits per heavy atom. The standard InChI is InChI=1S/C15H25NO/c1-5-11-17-13-9-7-12(8-10-13)14(16)15(3,4)6-2/h7-10,14H,5-6,11,16H2,1-4H3. The molecule has 0 fully saturated rings. The van der Waals surface area contributed by atoms with Crippen LogP contribution < -0.4 is 10.5 Å². The highest BCUT2D eigenvalue weighted by Gasteiger charge is 2.25. The monoisotopic (exact) mass is 235 g/mol. The highest BCUT2D eigenvalue weighted by molar-refractivity contribution is 5.29. The number of hydrogen-bond acceptors (Lipinski definition) is 2. The van der Waals surface area contributed by atoms with Crippen LogP contribution in [0.2, 0.25) is 0 Å². The summed E-state index contributed by atoms with van der Waals surface area (Å²) in [4.78, 5) is 0. The van der Waals surface area contributed by atoms with Gasteiger partial charge < -0.3 is 10.5 Å². The summed E-state index contributed by atoms with van der Waals surface area (Å²) in [7, 11) is 0. The highest BCUT2D eigenvalue weighted by Crippen LogP contribution is 2.34. The SMILES string of the molecule is CCCOc1ccc(C(N)C(C)(C)CC)cc1. The molecule has 0 aliphatic rings. The lowest BCUT2D eigenvalue weighted by Gasteiger charge is -2.30. The molecule has 1 aromatic carbocycles. The third-order valence-electron chi connectivity index (χ3n) is 3.47. The second-order valence-electron chi connectivity index (χ2n) is 5.24. The molecule has 1 unspecified atom stereocenters. The Morgan fingerprint density at radius 3 is 2.24 bits per heavy atom. The summed E-state index contributed by atoms with van der Waals surface area (Å²) in [5.41, 5.74) is 7.60. The van der Waals surface area contributed by atoms with Gasteiger partial charge in [-0.1, -0.05) is 39.8 Å². The predicted molar refractivity (Wildman–Crippen MR) is 73.2 cm³/mol. The van der Waals surface area contributed by atoms with Gasteiger partial charge in [-0.3, -0.25) is 0 Å². The zero-order chi connectivity index (χ0) is 12.9. The van der Waals surface area contributed by atoms with Gasteiger partial charge in [0, 0.05) is 6.04 Å². The number of ether oxygens (including phenoxy) is 1. The van der Waals surface area contributed by atoms with Crippen molar-refractivity contribution in [3.05, 3.63) is 29.8 Å². The second-order valence-corrected chi connectivity index (χ2v) is 5.24. The van der Waals surface area contributed by atoms with Gasteiger partial charge in [0.05, 0.1) is 6.61 Å². The summed E-state index contributed by atoms with van der Waals surface area (Å²) in [5.74, 6) is 0.928. The summed E-state index contributed by atoms with van der Waals surface area (Å²) in [6, 6.07) is 8.25. The lowest BCUT2D eigenvalue weighted by Crippen LogP contribution is -2.28. The minimum absolute atomic E-state index is 0.0766. The van der Waals surface area contributed by atoms with Crippen molar-refractivity contribution in [3.63, 3.8) is 0 Å². The molecule has 17 heavy (non-hydrogen) atoms. The molecule has 1 rings (SSSR count). The van der Waals surface area contributed by atoms with Crippen LogP contribution in [0.25, 0.3) is 0 Å². The van der Waals surface area contributed by atoms with Crippen LogP contribution in [-0.4, -0.2) is 6.61 Å². The van der Waals surface area contributed by atoms with E-state index in [4.69, 9.17) is 10.5 Å². The maximum absolute atomic E-state index is 6.29. The molecule has 0 radical (unpaired) electrons. The number of nitrogens with two attached hydrogens (primary N) is 1. The number of benzene rings is 1. The number of hydrogen-bond donors (Lipinski definition) is 1. The van der Waals surface area contributed by atoms with Crippen molar-refractivity contribution >= 4 is 0 Å². The largest absolute Gasteiger partial charge is 0.494 e. The third kappa shape index (κ3) is 3.74. The molecule has 2 heteroatoms. The van der Waals surface area contributed by atoms with Gasteiger partial charge in [-0.05, 0) is 36.0 Å². The normalized spacial score (nSPS) is 13.5. The van der Waals surface area contributed by atoms with E-state index >= 15 is 0 Å². The Morgan fingerprint density at radius 2 is 1.76 bits per heavy atom.